The van der Waals surface area contributed by atoms with E-state index in [0.717, 1.165) is 69.2 Å². The van der Waals surface area contributed by atoms with Crippen molar-refractivity contribution < 1.29 is 9.90 Å². The standard InChI is InChI=1S/C15H25N3O2S/c1-3-5-6-12-14(15(19)20)21-13(16-12)11-18-9-7-17(4-2)8-10-18/h3-11H2,1-2H3,(H,19,20). The maximum absolute atomic E-state index is 11.3. The first-order valence-corrected chi connectivity index (χ1v) is 8.62. The van der Waals surface area contributed by atoms with Crippen LogP contribution >= 0.6 is 11.3 Å². The molecule has 0 unspecified atom stereocenters. The Labute approximate surface area is 130 Å². The van der Waals surface area contributed by atoms with Crippen LogP contribution in [0, 0.1) is 0 Å². The predicted molar refractivity (Wildman–Crippen MR) is 85.1 cm³/mol. The van der Waals surface area contributed by atoms with Gasteiger partial charge in [0.25, 0.3) is 0 Å². The Morgan fingerprint density at radius 1 is 1.24 bits per heavy atom. The van der Waals surface area contributed by atoms with E-state index in [1.807, 2.05) is 0 Å². The van der Waals surface area contributed by atoms with Crippen LogP contribution in [0.25, 0.3) is 0 Å². The van der Waals surface area contributed by atoms with Crippen molar-refractivity contribution >= 4 is 17.3 Å². The molecule has 5 nitrogen and oxygen atoms in total. The molecular weight excluding hydrogens is 286 g/mol. The number of carbonyl (C=O) groups is 1. The van der Waals surface area contributed by atoms with Gasteiger partial charge in [0.15, 0.2) is 0 Å². The minimum atomic E-state index is -0.833. The Balaban J connectivity index is 1.98. The van der Waals surface area contributed by atoms with Crippen molar-refractivity contribution in [1.29, 1.82) is 0 Å². The molecule has 0 atom stereocenters. The van der Waals surface area contributed by atoms with Gasteiger partial charge in [0, 0.05) is 26.2 Å². The van der Waals surface area contributed by atoms with Crippen LogP contribution in [0.1, 0.15) is 47.1 Å². The smallest absolute Gasteiger partial charge is 0.347 e. The van der Waals surface area contributed by atoms with E-state index in [0.29, 0.717) is 4.88 Å². The molecule has 0 aromatic carbocycles. The van der Waals surface area contributed by atoms with Crippen molar-refractivity contribution in [2.24, 2.45) is 0 Å². The highest BCUT2D eigenvalue weighted by molar-refractivity contribution is 7.13. The summed E-state index contributed by atoms with van der Waals surface area (Å²) in [6.07, 6.45) is 2.84. The lowest BCUT2D eigenvalue weighted by Crippen LogP contribution is -2.45. The Hall–Kier alpha value is -0.980. The van der Waals surface area contributed by atoms with E-state index in [2.05, 4.69) is 28.6 Å². The summed E-state index contributed by atoms with van der Waals surface area (Å²) >= 11 is 1.35. The minimum Gasteiger partial charge on any atom is -0.477 e. The molecule has 1 fully saturated rings. The lowest BCUT2D eigenvalue weighted by Gasteiger charge is -2.33. The first-order chi connectivity index (χ1) is 10.1. The molecule has 21 heavy (non-hydrogen) atoms. The highest BCUT2D eigenvalue weighted by Crippen LogP contribution is 2.22. The van der Waals surface area contributed by atoms with Crippen molar-refractivity contribution in [3.63, 3.8) is 0 Å². The first kappa shape index (κ1) is 16.4. The Morgan fingerprint density at radius 2 is 1.90 bits per heavy atom. The van der Waals surface area contributed by atoms with Gasteiger partial charge in [0.2, 0.25) is 0 Å². The van der Waals surface area contributed by atoms with E-state index < -0.39 is 5.97 Å². The Morgan fingerprint density at radius 3 is 2.48 bits per heavy atom. The average molecular weight is 311 g/mol. The number of thiazole rings is 1. The maximum atomic E-state index is 11.3. The zero-order valence-electron chi connectivity index (χ0n) is 13.0. The molecule has 2 heterocycles. The summed E-state index contributed by atoms with van der Waals surface area (Å²) in [6.45, 7) is 10.5. The number of likely N-dealkylation sites (N-methyl/N-ethyl adjacent to an activating group) is 1. The second kappa shape index (κ2) is 7.87. The van der Waals surface area contributed by atoms with Gasteiger partial charge in [0.1, 0.15) is 9.88 Å². The van der Waals surface area contributed by atoms with Crippen LogP contribution in [0.15, 0.2) is 0 Å². The number of rotatable bonds is 7. The minimum absolute atomic E-state index is 0.436. The molecule has 1 aliphatic heterocycles. The van der Waals surface area contributed by atoms with Crippen molar-refractivity contribution in [1.82, 2.24) is 14.8 Å². The fourth-order valence-electron chi connectivity index (χ4n) is 2.60. The van der Waals surface area contributed by atoms with Crippen LogP contribution in [0.4, 0.5) is 0 Å². The fraction of sp³-hybridized carbons (Fsp3) is 0.733. The molecule has 2 rings (SSSR count). The van der Waals surface area contributed by atoms with Gasteiger partial charge in [-0.05, 0) is 19.4 Å². The number of aryl methyl sites for hydroxylation is 1. The molecule has 0 radical (unpaired) electrons. The molecule has 0 spiro atoms. The Bertz CT molecular complexity index is 467. The van der Waals surface area contributed by atoms with Crippen molar-refractivity contribution in [3.05, 3.63) is 15.6 Å². The number of nitrogens with zero attached hydrogens (tertiary/aromatic N) is 3. The van der Waals surface area contributed by atoms with E-state index in [-0.39, 0.29) is 0 Å². The van der Waals surface area contributed by atoms with Crippen molar-refractivity contribution in [2.45, 2.75) is 39.7 Å². The molecule has 1 N–H and O–H groups in total. The summed E-state index contributed by atoms with van der Waals surface area (Å²) in [6, 6.07) is 0. The van der Waals surface area contributed by atoms with E-state index in [9.17, 15) is 9.90 Å². The molecule has 0 bridgehead atoms. The van der Waals surface area contributed by atoms with Crippen LogP contribution in [0.2, 0.25) is 0 Å². The van der Waals surface area contributed by atoms with Crippen LogP contribution in [-0.2, 0) is 13.0 Å². The summed E-state index contributed by atoms with van der Waals surface area (Å²) in [4.78, 5) is 21.2. The second-order valence-corrected chi connectivity index (χ2v) is 6.59. The SMILES string of the molecule is CCCCc1nc(CN2CCN(CC)CC2)sc1C(=O)O. The summed E-state index contributed by atoms with van der Waals surface area (Å²) in [5, 5.41) is 10.2. The molecule has 1 aromatic heterocycles. The maximum Gasteiger partial charge on any atom is 0.347 e. The first-order valence-electron chi connectivity index (χ1n) is 7.80. The van der Waals surface area contributed by atoms with Crippen LogP contribution in [0.3, 0.4) is 0 Å². The highest BCUT2D eigenvalue weighted by atomic mass is 32.1. The molecular formula is C15H25N3O2S. The van der Waals surface area contributed by atoms with Gasteiger partial charge in [-0.25, -0.2) is 9.78 Å². The van der Waals surface area contributed by atoms with Gasteiger partial charge >= 0.3 is 5.97 Å². The molecule has 6 heteroatoms. The molecule has 0 saturated carbocycles. The number of piperazine rings is 1. The number of hydrogen-bond donors (Lipinski definition) is 1. The van der Waals surface area contributed by atoms with E-state index in [1.54, 1.807) is 0 Å². The lowest BCUT2D eigenvalue weighted by molar-refractivity contribution is 0.0700. The second-order valence-electron chi connectivity index (χ2n) is 5.50. The third kappa shape index (κ3) is 4.49. The largest absolute Gasteiger partial charge is 0.477 e. The molecule has 118 valence electrons. The number of carboxylic acids is 1. The zero-order chi connectivity index (χ0) is 15.2. The molecule has 1 aromatic rings. The normalized spacial score (nSPS) is 17.2. The van der Waals surface area contributed by atoms with Crippen LogP contribution in [0.5, 0.6) is 0 Å². The predicted octanol–water partition coefficient (Wildman–Crippen LogP) is 2.32. The topological polar surface area (TPSA) is 56.7 Å². The van der Waals surface area contributed by atoms with Gasteiger partial charge in [-0.2, -0.15) is 0 Å². The van der Waals surface area contributed by atoms with Gasteiger partial charge < -0.3 is 10.0 Å². The number of unbranched alkanes of at least 4 members (excludes halogenated alkanes) is 1. The number of aromatic nitrogens is 1. The molecule has 1 saturated heterocycles. The number of hydrogen-bond acceptors (Lipinski definition) is 5. The van der Waals surface area contributed by atoms with Crippen molar-refractivity contribution in [2.75, 3.05) is 32.7 Å². The van der Waals surface area contributed by atoms with Gasteiger partial charge in [-0.15, -0.1) is 11.3 Å². The summed E-state index contributed by atoms with van der Waals surface area (Å²) in [5.41, 5.74) is 0.775. The lowest BCUT2D eigenvalue weighted by atomic mass is 10.2. The van der Waals surface area contributed by atoms with E-state index in [1.165, 1.54) is 11.3 Å². The summed E-state index contributed by atoms with van der Waals surface area (Å²) in [7, 11) is 0. The Kier molecular flexibility index (Phi) is 6.14. The monoisotopic (exact) mass is 311 g/mol. The number of carboxylic acid groups (broad SMARTS) is 1. The van der Waals surface area contributed by atoms with Gasteiger partial charge in [0.05, 0.1) is 12.2 Å². The fourth-order valence-corrected chi connectivity index (χ4v) is 3.60. The highest BCUT2D eigenvalue weighted by Gasteiger charge is 2.20. The van der Waals surface area contributed by atoms with Crippen LogP contribution in [-0.4, -0.2) is 58.6 Å². The van der Waals surface area contributed by atoms with Gasteiger partial charge in [-0.1, -0.05) is 20.3 Å². The average Bonchev–Trinajstić information content (AvgIpc) is 2.89. The molecule has 0 amide bonds. The van der Waals surface area contributed by atoms with Crippen molar-refractivity contribution in [3.8, 4) is 0 Å². The molecule has 0 aliphatic carbocycles. The van der Waals surface area contributed by atoms with E-state index in [4.69, 9.17) is 0 Å². The summed E-state index contributed by atoms with van der Waals surface area (Å²) in [5.74, 6) is -0.833. The molecule has 1 aliphatic rings. The number of aromatic carboxylic acids is 1. The zero-order valence-corrected chi connectivity index (χ0v) is 13.8. The quantitative estimate of drug-likeness (QED) is 0.837. The van der Waals surface area contributed by atoms with Crippen LogP contribution < -0.4 is 0 Å². The third-order valence-electron chi connectivity index (χ3n) is 3.97. The van der Waals surface area contributed by atoms with Gasteiger partial charge in [-0.3, -0.25) is 4.90 Å². The third-order valence-corrected chi connectivity index (χ3v) is 5.04. The van der Waals surface area contributed by atoms with E-state index >= 15 is 0 Å². The summed E-state index contributed by atoms with van der Waals surface area (Å²) < 4.78 is 0.